The molecule has 0 saturated heterocycles. The molecule has 0 spiro atoms. The normalized spacial score (nSPS) is 9.79. The maximum atomic E-state index is 10.8. The van der Waals surface area contributed by atoms with Gasteiger partial charge in [0.1, 0.15) is 5.75 Å². The average molecular weight is 268 g/mol. The minimum atomic E-state index is -0.558. The minimum Gasteiger partial charge on any atom is -0.508 e. The molecule has 4 nitrogen and oxygen atoms in total. The van der Waals surface area contributed by atoms with Crippen LogP contribution < -0.4 is 0 Å². The molecular formula is C15H24O4. The standard InChI is InChI=1S/C9H18O3.C6H6O/c1-7(2)5-11-9(10)12-6-8(3)4;7-6-4-2-1-3-5-6/h7-8H,5-6H2,1-4H3;1-5,7H. The first-order valence-corrected chi connectivity index (χ1v) is 6.45. The van der Waals surface area contributed by atoms with E-state index in [0.717, 1.165) is 0 Å². The number of hydrogen-bond donors (Lipinski definition) is 1. The van der Waals surface area contributed by atoms with Gasteiger partial charge in [0.05, 0.1) is 13.2 Å². The first kappa shape index (κ1) is 17.3. The van der Waals surface area contributed by atoms with Gasteiger partial charge in [0, 0.05) is 0 Å². The number of rotatable bonds is 4. The van der Waals surface area contributed by atoms with Gasteiger partial charge in [-0.2, -0.15) is 0 Å². The summed E-state index contributed by atoms with van der Waals surface area (Å²) < 4.78 is 9.59. The van der Waals surface area contributed by atoms with E-state index in [-0.39, 0.29) is 0 Å². The molecule has 0 radical (unpaired) electrons. The fraction of sp³-hybridized carbons (Fsp3) is 0.533. The highest BCUT2D eigenvalue weighted by atomic mass is 16.7. The van der Waals surface area contributed by atoms with Crippen LogP contribution in [0.5, 0.6) is 5.75 Å². The summed E-state index contributed by atoms with van der Waals surface area (Å²) >= 11 is 0. The van der Waals surface area contributed by atoms with Gasteiger partial charge in [0.15, 0.2) is 0 Å². The van der Waals surface area contributed by atoms with Gasteiger partial charge >= 0.3 is 6.16 Å². The molecule has 1 rings (SSSR count). The van der Waals surface area contributed by atoms with Crippen molar-refractivity contribution < 1.29 is 19.4 Å². The molecule has 4 heteroatoms. The molecule has 1 aromatic rings. The Hall–Kier alpha value is -1.71. The quantitative estimate of drug-likeness (QED) is 0.843. The summed E-state index contributed by atoms with van der Waals surface area (Å²) in [6.45, 7) is 8.78. The molecule has 1 N–H and O–H groups in total. The number of ether oxygens (including phenoxy) is 2. The highest BCUT2D eigenvalue weighted by Crippen LogP contribution is 2.02. The lowest BCUT2D eigenvalue weighted by Crippen LogP contribution is -2.14. The van der Waals surface area contributed by atoms with Crippen LogP contribution in [0.3, 0.4) is 0 Å². The average Bonchev–Trinajstić information content (AvgIpc) is 2.35. The molecule has 0 fully saturated rings. The van der Waals surface area contributed by atoms with E-state index < -0.39 is 6.16 Å². The van der Waals surface area contributed by atoms with Crippen LogP contribution in [0.2, 0.25) is 0 Å². The van der Waals surface area contributed by atoms with Gasteiger partial charge in [-0.1, -0.05) is 45.9 Å². The number of hydrogen-bond acceptors (Lipinski definition) is 4. The van der Waals surface area contributed by atoms with Crippen LogP contribution in [-0.2, 0) is 9.47 Å². The minimum absolute atomic E-state index is 0.322. The van der Waals surface area contributed by atoms with E-state index in [9.17, 15) is 4.79 Å². The second kappa shape index (κ2) is 10.2. The zero-order chi connectivity index (χ0) is 14.7. The van der Waals surface area contributed by atoms with E-state index in [4.69, 9.17) is 14.6 Å². The van der Waals surface area contributed by atoms with Gasteiger partial charge in [-0.25, -0.2) is 4.79 Å². The summed E-state index contributed by atoms with van der Waals surface area (Å²) in [6, 6.07) is 8.71. The van der Waals surface area contributed by atoms with Crippen LogP contribution in [0.1, 0.15) is 27.7 Å². The Bertz CT molecular complexity index is 319. The van der Waals surface area contributed by atoms with Crippen LogP contribution in [0.4, 0.5) is 4.79 Å². The summed E-state index contributed by atoms with van der Waals surface area (Å²) in [7, 11) is 0. The monoisotopic (exact) mass is 268 g/mol. The molecule has 0 unspecified atom stereocenters. The van der Waals surface area contributed by atoms with Crippen molar-refractivity contribution in [1.29, 1.82) is 0 Å². The van der Waals surface area contributed by atoms with Crippen LogP contribution >= 0.6 is 0 Å². The fourth-order valence-corrected chi connectivity index (χ4v) is 0.939. The lowest BCUT2D eigenvalue weighted by Gasteiger charge is -2.08. The molecule has 0 atom stereocenters. The summed E-state index contributed by atoms with van der Waals surface area (Å²) in [4.78, 5) is 10.8. The largest absolute Gasteiger partial charge is 0.508 e. The number of carbonyl (C=O) groups excluding carboxylic acids is 1. The zero-order valence-corrected chi connectivity index (χ0v) is 12.1. The van der Waals surface area contributed by atoms with Crippen molar-refractivity contribution in [2.75, 3.05) is 13.2 Å². The lowest BCUT2D eigenvalue weighted by molar-refractivity contribution is 0.0404. The van der Waals surface area contributed by atoms with Crippen LogP contribution in [0.25, 0.3) is 0 Å². The van der Waals surface area contributed by atoms with Gasteiger partial charge in [0.2, 0.25) is 0 Å². The summed E-state index contributed by atoms with van der Waals surface area (Å²) in [5.74, 6) is 1.04. The Morgan fingerprint density at radius 3 is 1.68 bits per heavy atom. The summed E-state index contributed by atoms with van der Waals surface area (Å²) in [5, 5.41) is 8.63. The van der Waals surface area contributed by atoms with Crippen LogP contribution in [0, 0.1) is 11.8 Å². The van der Waals surface area contributed by atoms with Gasteiger partial charge in [-0.3, -0.25) is 0 Å². The Balaban J connectivity index is 0.000000388. The predicted octanol–water partition coefficient (Wildman–Crippen LogP) is 3.84. The fourth-order valence-electron chi connectivity index (χ4n) is 0.939. The topological polar surface area (TPSA) is 55.8 Å². The number of benzene rings is 1. The maximum Gasteiger partial charge on any atom is 0.508 e. The first-order valence-electron chi connectivity index (χ1n) is 6.45. The number of phenolic OH excluding ortho intramolecular Hbond substituents is 1. The molecule has 108 valence electrons. The lowest BCUT2D eigenvalue weighted by atomic mass is 10.2. The summed E-state index contributed by atoms with van der Waals surface area (Å²) in [5.41, 5.74) is 0. The van der Waals surface area contributed by atoms with Crippen LogP contribution in [-0.4, -0.2) is 24.5 Å². The third kappa shape index (κ3) is 12.5. The van der Waals surface area contributed by atoms with E-state index in [1.54, 1.807) is 24.3 Å². The molecular weight excluding hydrogens is 244 g/mol. The molecule has 0 aromatic heterocycles. The van der Waals surface area contributed by atoms with Crippen LogP contribution in [0.15, 0.2) is 30.3 Å². The third-order valence-corrected chi connectivity index (χ3v) is 1.83. The SMILES string of the molecule is CC(C)COC(=O)OCC(C)C.Oc1ccccc1. The molecule has 1 aromatic carbocycles. The van der Waals surface area contributed by atoms with Gasteiger partial charge in [0.25, 0.3) is 0 Å². The van der Waals surface area contributed by atoms with E-state index in [2.05, 4.69) is 0 Å². The van der Waals surface area contributed by atoms with E-state index >= 15 is 0 Å². The molecule has 0 saturated carbocycles. The van der Waals surface area contributed by atoms with Crippen molar-refractivity contribution >= 4 is 6.16 Å². The summed E-state index contributed by atoms with van der Waals surface area (Å²) in [6.07, 6.45) is -0.558. The Kier molecular flexibility index (Phi) is 9.31. The molecule has 0 aliphatic carbocycles. The van der Waals surface area contributed by atoms with Crippen molar-refractivity contribution in [2.45, 2.75) is 27.7 Å². The smallest absolute Gasteiger partial charge is 0.508 e. The Morgan fingerprint density at radius 2 is 1.42 bits per heavy atom. The first-order chi connectivity index (χ1) is 8.91. The van der Waals surface area contributed by atoms with Crippen molar-refractivity contribution in [1.82, 2.24) is 0 Å². The molecule has 0 bridgehead atoms. The number of carbonyl (C=O) groups is 1. The molecule has 19 heavy (non-hydrogen) atoms. The molecule has 0 heterocycles. The van der Waals surface area contributed by atoms with Gasteiger partial charge < -0.3 is 14.6 Å². The molecule has 0 amide bonds. The Morgan fingerprint density at radius 1 is 1.00 bits per heavy atom. The van der Waals surface area contributed by atoms with Crippen molar-refractivity contribution in [3.8, 4) is 5.75 Å². The van der Waals surface area contributed by atoms with Crippen molar-refractivity contribution in [3.05, 3.63) is 30.3 Å². The molecule has 0 aliphatic rings. The van der Waals surface area contributed by atoms with E-state index in [1.165, 1.54) is 0 Å². The highest BCUT2D eigenvalue weighted by molar-refractivity contribution is 5.59. The van der Waals surface area contributed by atoms with Gasteiger partial charge in [-0.15, -0.1) is 0 Å². The number of aromatic hydroxyl groups is 1. The third-order valence-electron chi connectivity index (χ3n) is 1.83. The highest BCUT2D eigenvalue weighted by Gasteiger charge is 2.05. The van der Waals surface area contributed by atoms with E-state index in [0.29, 0.717) is 30.8 Å². The Labute approximate surface area is 115 Å². The van der Waals surface area contributed by atoms with Gasteiger partial charge in [-0.05, 0) is 24.0 Å². The number of phenols is 1. The predicted molar refractivity (Wildman–Crippen MR) is 75.1 cm³/mol. The number of para-hydroxylation sites is 1. The molecule has 0 aliphatic heterocycles. The maximum absolute atomic E-state index is 10.8. The second-order valence-corrected chi connectivity index (χ2v) is 5.00. The van der Waals surface area contributed by atoms with E-state index in [1.807, 2.05) is 33.8 Å². The van der Waals surface area contributed by atoms with Crippen molar-refractivity contribution in [3.63, 3.8) is 0 Å². The second-order valence-electron chi connectivity index (χ2n) is 5.00. The zero-order valence-electron chi connectivity index (χ0n) is 12.1. The van der Waals surface area contributed by atoms with Crippen molar-refractivity contribution in [2.24, 2.45) is 11.8 Å².